The molecule has 2 atom stereocenters. The summed E-state index contributed by atoms with van der Waals surface area (Å²) in [7, 11) is -6.30. The first kappa shape index (κ1) is 54.1. The minimum Gasteiger partial charge on any atom is -0.330 e. The standard InChI is InChI=1S/C40H90N6O6P2/c1-3-5-7-17-35-49-53(47,39-33-45(29-21-25-41)30-22-26-42)51-37-19-15-13-11-9-10-12-14-16-20-38-52-54(48,50-36-18-8-6-4-2)40-34-46(31-23-27-43)32-24-28-44/h3-44H2,1-2H3. The van der Waals surface area contributed by atoms with E-state index in [1.165, 1.54) is 38.5 Å². The fraction of sp³-hybridized carbons (Fsp3) is 1.00. The zero-order valence-corrected chi connectivity index (χ0v) is 37.2. The predicted molar refractivity (Wildman–Crippen MR) is 231 cm³/mol. The number of rotatable bonds is 45. The van der Waals surface area contributed by atoms with Gasteiger partial charge >= 0.3 is 15.2 Å². The van der Waals surface area contributed by atoms with Crippen LogP contribution in [0.2, 0.25) is 0 Å². The van der Waals surface area contributed by atoms with Gasteiger partial charge in [0.25, 0.3) is 0 Å². The molecule has 0 aromatic heterocycles. The second-order valence-electron chi connectivity index (χ2n) is 14.9. The lowest BCUT2D eigenvalue weighted by atomic mass is 10.1. The van der Waals surface area contributed by atoms with Gasteiger partial charge in [0.15, 0.2) is 0 Å². The van der Waals surface area contributed by atoms with Crippen molar-refractivity contribution in [2.75, 3.05) is 104 Å². The summed E-state index contributed by atoms with van der Waals surface area (Å²) >= 11 is 0. The molecule has 0 radical (unpaired) electrons. The van der Waals surface area contributed by atoms with Gasteiger partial charge < -0.3 is 50.8 Å². The van der Waals surface area contributed by atoms with Crippen molar-refractivity contribution in [1.82, 2.24) is 9.80 Å². The quantitative estimate of drug-likeness (QED) is 0.0341. The van der Waals surface area contributed by atoms with Gasteiger partial charge in [0.2, 0.25) is 0 Å². The molecule has 0 amide bonds. The molecule has 0 fully saturated rings. The Balaban J connectivity index is 4.40. The smallest absolute Gasteiger partial charge is 0.330 e. The summed E-state index contributed by atoms with van der Waals surface area (Å²) in [5.41, 5.74) is 23.0. The fourth-order valence-electron chi connectivity index (χ4n) is 6.28. The van der Waals surface area contributed by atoms with Gasteiger partial charge in [-0.2, -0.15) is 0 Å². The highest BCUT2D eigenvalue weighted by atomic mass is 31.2. The summed E-state index contributed by atoms with van der Waals surface area (Å²) in [5.74, 6) is 0. The third-order valence-corrected chi connectivity index (χ3v) is 13.6. The third-order valence-electron chi connectivity index (χ3n) is 9.78. The Morgan fingerprint density at radius 3 is 0.833 bits per heavy atom. The molecule has 0 aromatic carbocycles. The van der Waals surface area contributed by atoms with E-state index < -0.39 is 15.2 Å². The maximum atomic E-state index is 13.7. The van der Waals surface area contributed by atoms with Crippen LogP contribution in [0.1, 0.15) is 155 Å². The minimum absolute atomic E-state index is 0.415. The van der Waals surface area contributed by atoms with Gasteiger partial charge in [-0.15, -0.1) is 0 Å². The molecular weight excluding hydrogens is 722 g/mol. The average molecular weight is 813 g/mol. The Bertz CT molecular complexity index is 797. The normalized spacial score (nSPS) is 14.3. The van der Waals surface area contributed by atoms with Crippen LogP contribution in [0.5, 0.6) is 0 Å². The molecule has 0 spiro atoms. The summed E-state index contributed by atoms with van der Waals surface area (Å²) in [6.07, 6.45) is 24.3. The summed E-state index contributed by atoms with van der Waals surface area (Å²) < 4.78 is 51.3. The molecule has 14 heteroatoms. The zero-order valence-electron chi connectivity index (χ0n) is 35.4. The molecule has 0 rings (SSSR count). The molecule has 0 bridgehead atoms. The van der Waals surface area contributed by atoms with E-state index >= 15 is 0 Å². The van der Waals surface area contributed by atoms with Gasteiger partial charge in [-0.1, -0.05) is 104 Å². The first-order chi connectivity index (χ1) is 26.3. The maximum absolute atomic E-state index is 13.7. The molecule has 0 saturated carbocycles. The van der Waals surface area contributed by atoms with E-state index in [1.807, 2.05) is 0 Å². The van der Waals surface area contributed by atoms with Gasteiger partial charge in [-0.05, 0) is 104 Å². The molecule has 54 heavy (non-hydrogen) atoms. The molecule has 0 heterocycles. The van der Waals surface area contributed by atoms with Crippen LogP contribution in [-0.4, -0.2) is 114 Å². The molecule has 8 N–H and O–H groups in total. The van der Waals surface area contributed by atoms with Crippen molar-refractivity contribution in [3.63, 3.8) is 0 Å². The lowest BCUT2D eigenvalue weighted by Crippen LogP contribution is -2.31. The van der Waals surface area contributed by atoms with E-state index in [0.717, 1.165) is 129 Å². The van der Waals surface area contributed by atoms with Crippen LogP contribution in [-0.2, 0) is 27.2 Å². The maximum Gasteiger partial charge on any atom is 0.331 e. The number of nitrogens with zero attached hydrogens (tertiary/aromatic N) is 2. The lowest BCUT2D eigenvalue weighted by molar-refractivity contribution is 0.190. The van der Waals surface area contributed by atoms with E-state index in [2.05, 4.69) is 23.6 Å². The first-order valence-corrected chi connectivity index (χ1v) is 25.8. The van der Waals surface area contributed by atoms with Gasteiger partial charge in [0.1, 0.15) is 0 Å². The molecule has 0 saturated heterocycles. The molecule has 326 valence electrons. The monoisotopic (exact) mass is 813 g/mol. The van der Waals surface area contributed by atoms with Crippen LogP contribution >= 0.6 is 15.2 Å². The van der Waals surface area contributed by atoms with E-state index in [-0.39, 0.29) is 0 Å². The Morgan fingerprint density at radius 1 is 0.352 bits per heavy atom. The van der Waals surface area contributed by atoms with Crippen LogP contribution < -0.4 is 22.9 Å². The summed E-state index contributed by atoms with van der Waals surface area (Å²) in [6, 6.07) is 0. The Labute approximate surface area is 333 Å². The van der Waals surface area contributed by atoms with Crippen molar-refractivity contribution in [3.05, 3.63) is 0 Å². The van der Waals surface area contributed by atoms with Crippen LogP contribution in [0.4, 0.5) is 0 Å². The van der Waals surface area contributed by atoms with Gasteiger partial charge in [-0.25, -0.2) is 0 Å². The molecule has 12 nitrogen and oxygen atoms in total. The highest BCUT2D eigenvalue weighted by Gasteiger charge is 2.26. The molecule has 0 aliphatic heterocycles. The summed E-state index contributed by atoms with van der Waals surface area (Å²) in [6.45, 7) is 13.8. The third kappa shape index (κ3) is 34.1. The van der Waals surface area contributed by atoms with E-state index in [0.29, 0.717) is 78.0 Å². The predicted octanol–water partition coefficient (Wildman–Crippen LogP) is 8.50. The van der Waals surface area contributed by atoms with Crippen molar-refractivity contribution in [2.45, 2.75) is 155 Å². The molecule has 0 aromatic rings. The van der Waals surface area contributed by atoms with Crippen molar-refractivity contribution >= 4 is 15.2 Å². The number of nitrogens with two attached hydrogens (primary N) is 4. The second-order valence-corrected chi connectivity index (χ2v) is 19.3. The number of unbranched alkanes of at least 4 members (excludes halogenated alkanes) is 15. The second kappa shape index (κ2) is 39.9. The zero-order chi connectivity index (χ0) is 39.9. The Kier molecular flexibility index (Phi) is 39.9. The summed E-state index contributed by atoms with van der Waals surface area (Å²) in [5, 5.41) is 0. The SMILES string of the molecule is CCCCCCOP(=O)(CCN(CCCN)CCCN)OCCCCCCCCCCCCOP(=O)(CCN(CCCN)CCCN)OCCCCCC. The van der Waals surface area contributed by atoms with E-state index in [9.17, 15) is 9.13 Å². The van der Waals surface area contributed by atoms with Crippen LogP contribution in [0.25, 0.3) is 0 Å². The van der Waals surface area contributed by atoms with Crippen LogP contribution in [0.15, 0.2) is 0 Å². The average Bonchev–Trinajstić information content (AvgIpc) is 3.17. The van der Waals surface area contributed by atoms with Gasteiger partial charge in [-0.3, -0.25) is 9.13 Å². The number of hydrogen-bond acceptors (Lipinski definition) is 12. The van der Waals surface area contributed by atoms with Crippen molar-refractivity contribution in [2.24, 2.45) is 22.9 Å². The Morgan fingerprint density at radius 2 is 0.593 bits per heavy atom. The Hall–Kier alpha value is 0.0600. The van der Waals surface area contributed by atoms with Gasteiger partial charge in [0, 0.05) is 13.1 Å². The minimum atomic E-state index is -3.15. The van der Waals surface area contributed by atoms with Gasteiger partial charge in [0.05, 0.1) is 38.8 Å². The van der Waals surface area contributed by atoms with Crippen molar-refractivity contribution < 1.29 is 27.2 Å². The topological polar surface area (TPSA) is 182 Å². The largest absolute Gasteiger partial charge is 0.331 e. The van der Waals surface area contributed by atoms with E-state index in [4.69, 9.17) is 41.0 Å². The lowest BCUT2D eigenvalue weighted by Gasteiger charge is -2.25. The first-order valence-electron chi connectivity index (χ1n) is 22.3. The van der Waals surface area contributed by atoms with Crippen LogP contribution in [0, 0.1) is 0 Å². The summed E-state index contributed by atoms with van der Waals surface area (Å²) in [4.78, 5) is 4.59. The fourth-order valence-corrected chi connectivity index (χ4v) is 9.63. The van der Waals surface area contributed by atoms with Crippen LogP contribution in [0.3, 0.4) is 0 Å². The van der Waals surface area contributed by atoms with E-state index in [1.54, 1.807) is 0 Å². The molecular formula is C40H90N6O6P2. The van der Waals surface area contributed by atoms with Crippen molar-refractivity contribution in [1.29, 1.82) is 0 Å². The van der Waals surface area contributed by atoms with Crippen molar-refractivity contribution in [3.8, 4) is 0 Å². The highest BCUT2D eigenvalue weighted by Crippen LogP contribution is 2.49. The number of hydrogen-bond donors (Lipinski definition) is 4. The highest BCUT2D eigenvalue weighted by molar-refractivity contribution is 7.54. The molecule has 2 unspecified atom stereocenters. The molecule has 0 aliphatic rings. The molecule has 0 aliphatic carbocycles.